The van der Waals surface area contributed by atoms with Crippen molar-refractivity contribution in [2.75, 3.05) is 5.75 Å². The highest BCUT2D eigenvalue weighted by atomic mass is 32.2. The highest BCUT2D eigenvalue weighted by Gasteiger charge is 2.14. The van der Waals surface area contributed by atoms with E-state index >= 15 is 0 Å². The highest BCUT2D eigenvalue weighted by molar-refractivity contribution is 8.03. The number of nitrogens with zero attached hydrogens (tertiary/aromatic N) is 1. The second-order valence-corrected chi connectivity index (χ2v) is 3.06. The van der Waals surface area contributed by atoms with Crippen LogP contribution in [-0.2, 0) is 4.79 Å². The van der Waals surface area contributed by atoms with Crippen molar-refractivity contribution in [2.24, 2.45) is 0 Å². The monoisotopic (exact) mass is 174 g/mol. The SMILES string of the molecule is O=C1CCS/C(=C/[N+](=O)[O-])N1. The predicted octanol–water partition coefficient (Wildman–Crippen LogP) is 0.315. The minimum atomic E-state index is -0.575. The quantitative estimate of drug-likeness (QED) is 0.459. The van der Waals surface area contributed by atoms with Crippen LogP contribution in [0.25, 0.3) is 0 Å². The number of nitro groups is 1. The third-order valence-electron chi connectivity index (χ3n) is 1.07. The van der Waals surface area contributed by atoms with E-state index in [9.17, 15) is 14.9 Å². The van der Waals surface area contributed by atoms with Crippen molar-refractivity contribution in [1.82, 2.24) is 5.32 Å². The van der Waals surface area contributed by atoms with Gasteiger partial charge in [0.2, 0.25) is 5.91 Å². The van der Waals surface area contributed by atoms with Gasteiger partial charge in [-0.15, -0.1) is 11.8 Å². The lowest BCUT2D eigenvalue weighted by atomic mass is 10.4. The molecule has 0 radical (unpaired) electrons. The summed E-state index contributed by atoms with van der Waals surface area (Å²) in [5, 5.41) is 12.7. The zero-order valence-corrected chi connectivity index (χ0v) is 6.39. The first-order valence-corrected chi connectivity index (χ1v) is 3.95. The van der Waals surface area contributed by atoms with E-state index in [4.69, 9.17) is 0 Å². The molecule has 11 heavy (non-hydrogen) atoms. The number of amides is 1. The van der Waals surface area contributed by atoms with Crippen molar-refractivity contribution in [1.29, 1.82) is 0 Å². The maximum atomic E-state index is 10.7. The van der Waals surface area contributed by atoms with E-state index in [0.29, 0.717) is 17.2 Å². The molecule has 0 saturated carbocycles. The molecule has 1 aliphatic rings. The Labute approximate surface area is 67.0 Å². The largest absolute Gasteiger partial charge is 0.316 e. The minimum Gasteiger partial charge on any atom is -0.316 e. The Morgan fingerprint density at radius 2 is 2.45 bits per heavy atom. The molecule has 1 rings (SSSR count). The molecular weight excluding hydrogens is 168 g/mol. The Balaban J connectivity index is 2.59. The molecule has 0 aromatic heterocycles. The van der Waals surface area contributed by atoms with Crippen molar-refractivity contribution < 1.29 is 9.72 Å². The topological polar surface area (TPSA) is 72.2 Å². The Hall–Kier alpha value is -1.04. The molecule has 0 spiro atoms. The van der Waals surface area contributed by atoms with Gasteiger partial charge in [-0.2, -0.15) is 0 Å². The van der Waals surface area contributed by atoms with Crippen LogP contribution < -0.4 is 5.32 Å². The van der Waals surface area contributed by atoms with Gasteiger partial charge in [-0.05, 0) is 0 Å². The van der Waals surface area contributed by atoms with Crippen LogP contribution >= 0.6 is 11.8 Å². The van der Waals surface area contributed by atoms with Crippen LogP contribution in [0.5, 0.6) is 0 Å². The fraction of sp³-hybridized carbons (Fsp3) is 0.400. The first-order valence-electron chi connectivity index (χ1n) is 2.96. The molecule has 0 bridgehead atoms. The lowest BCUT2D eigenvalue weighted by molar-refractivity contribution is -0.403. The van der Waals surface area contributed by atoms with Crippen molar-refractivity contribution in [3.63, 3.8) is 0 Å². The van der Waals surface area contributed by atoms with E-state index in [2.05, 4.69) is 5.32 Å². The zero-order valence-electron chi connectivity index (χ0n) is 5.57. The summed E-state index contributed by atoms with van der Waals surface area (Å²) in [4.78, 5) is 20.0. The maximum Gasteiger partial charge on any atom is 0.264 e. The normalized spacial score (nSPS) is 21.5. The third kappa shape index (κ3) is 2.58. The summed E-state index contributed by atoms with van der Waals surface area (Å²) < 4.78 is 0. The second-order valence-electron chi connectivity index (χ2n) is 1.93. The van der Waals surface area contributed by atoms with Crippen molar-refractivity contribution in [3.8, 4) is 0 Å². The van der Waals surface area contributed by atoms with Gasteiger partial charge in [0.1, 0.15) is 5.03 Å². The molecule has 1 heterocycles. The fourth-order valence-electron chi connectivity index (χ4n) is 0.655. The van der Waals surface area contributed by atoms with E-state index in [1.54, 1.807) is 0 Å². The van der Waals surface area contributed by atoms with Crippen molar-refractivity contribution in [3.05, 3.63) is 21.3 Å². The summed E-state index contributed by atoms with van der Waals surface area (Å²) >= 11 is 1.28. The minimum absolute atomic E-state index is 0.156. The van der Waals surface area contributed by atoms with Crippen LogP contribution in [-0.4, -0.2) is 16.6 Å². The number of rotatable bonds is 1. The molecule has 1 saturated heterocycles. The lowest BCUT2D eigenvalue weighted by Crippen LogP contribution is -2.26. The molecule has 1 N–H and O–H groups in total. The Kier molecular flexibility index (Phi) is 2.48. The fourth-order valence-corrected chi connectivity index (χ4v) is 1.51. The van der Waals surface area contributed by atoms with Gasteiger partial charge in [-0.3, -0.25) is 14.9 Å². The Morgan fingerprint density at radius 1 is 1.73 bits per heavy atom. The van der Waals surface area contributed by atoms with Gasteiger partial charge in [0.15, 0.2) is 0 Å². The smallest absolute Gasteiger partial charge is 0.264 e. The van der Waals surface area contributed by atoms with E-state index in [1.807, 2.05) is 0 Å². The summed E-state index contributed by atoms with van der Waals surface area (Å²) in [7, 11) is 0. The van der Waals surface area contributed by atoms with Gasteiger partial charge in [0.25, 0.3) is 6.20 Å². The van der Waals surface area contributed by atoms with Crippen molar-refractivity contribution >= 4 is 17.7 Å². The number of hydrogen-bond donors (Lipinski definition) is 1. The van der Waals surface area contributed by atoms with Gasteiger partial charge in [0.05, 0.1) is 4.92 Å². The number of carbonyl (C=O) groups is 1. The van der Waals surface area contributed by atoms with Gasteiger partial charge in [-0.25, -0.2) is 0 Å². The van der Waals surface area contributed by atoms with Gasteiger partial charge in [-0.1, -0.05) is 0 Å². The summed E-state index contributed by atoms with van der Waals surface area (Å²) in [5.41, 5.74) is 0. The van der Waals surface area contributed by atoms with E-state index in [-0.39, 0.29) is 5.91 Å². The molecule has 0 unspecified atom stereocenters. The van der Waals surface area contributed by atoms with E-state index in [1.165, 1.54) is 11.8 Å². The van der Waals surface area contributed by atoms with Crippen LogP contribution in [0, 0.1) is 10.1 Å². The van der Waals surface area contributed by atoms with Gasteiger partial charge in [0, 0.05) is 12.2 Å². The van der Waals surface area contributed by atoms with Crippen LogP contribution in [0.3, 0.4) is 0 Å². The summed E-state index contributed by atoms with van der Waals surface area (Å²) in [6.45, 7) is 0. The predicted molar refractivity (Wildman–Crippen MR) is 40.3 cm³/mol. The van der Waals surface area contributed by atoms with Crippen LogP contribution in [0.15, 0.2) is 11.2 Å². The molecule has 1 amide bonds. The molecular formula is C5H6N2O3S. The van der Waals surface area contributed by atoms with Crippen LogP contribution in [0.1, 0.15) is 6.42 Å². The molecule has 0 aliphatic carbocycles. The maximum absolute atomic E-state index is 10.7. The first kappa shape index (κ1) is 8.06. The molecule has 1 aliphatic heterocycles. The summed E-state index contributed by atoms with van der Waals surface area (Å²) in [5.74, 6) is 0.461. The highest BCUT2D eigenvalue weighted by Crippen LogP contribution is 2.17. The van der Waals surface area contributed by atoms with Gasteiger partial charge < -0.3 is 5.32 Å². The summed E-state index contributed by atoms with van der Waals surface area (Å²) in [6.07, 6.45) is 1.24. The van der Waals surface area contributed by atoms with Crippen molar-refractivity contribution in [2.45, 2.75) is 6.42 Å². The summed E-state index contributed by atoms with van der Waals surface area (Å²) in [6, 6.07) is 0. The molecule has 0 aromatic carbocycles. The molecule has 0 aromatic rings. The Bertz CT molecular complexity index is 226. The molecule has 0 atom stereocenters. The molecule has 60 valence electrons. The molecule has 5 nitrogen and oxygen atoms in total. The number of nitrogens with one attached hydrogen (secondary N) is 1. The molecule has 1 fully saturated rings. The zero-order chi connectivity index (χ0) is 8.27. The number of hydrogen-bond acceptors (Lipinski definition) is 4. The lowest BCUT2D eigenvalue weighted by Gasteiger charge is -2.11. The molecule has 6 heteroatoms. The van der Waals surface area contributed by atoms with E-state index < -0.39 is 4.92 Å². The first-order chi connectivity index (χ1) is 5.18. The van der Waals surface area contributed by atoms with Gasteiger partial charge >= 0.3 is 0 Å². The van der Waals surface area contributed by atoms with E-state index in [0.717, 1.165) is 6.20 Å². The standard InChI is InChI=1S/C5H6N2O3S/c8-4-1-2-11-5(6-4)3-7(9)10/h3H,1-2H2,(H,6,8)/b5-3+. The van der Waals surface area contributed by atoms with Crippen LogP contribution in [0.2, 0.25) is 0 Å². The number of thioether (sulfide) groups is 1. The second kappa shape index (κ2) is 3.38. The average molecular weight is 174 g/mol. The average Bonchev–Trinajstić information content (AvgIpc) is 1.85. The van der Waals surface area contributed by atoms with Crippen LogP contribution in [0.4, 0.5) is 0 Å². The Morgan fingerprint density at radius 3 is 3.00 bits per heavy atom. The third-order valence-corrected chi connectivity index (χ3v) is 2.00. The number of carbonyl (C=O) groups excluding carboxylic acids is 1.